The molecule has 1 amide bonds. The molecule has 3 aromatic carbocycles. The topological polar surface area (TPSA) is 82.4 Å². The summed E-state index contributed by atoms with van der Waals surface area (Å²) >= 11 is 0. The van der Waals surface area contributed by atoms with Gasteiger partial charge in [-0.3, -0.25) is 14.7 Å². The Morgan fingerprint density at radius 3 is 2.53 bits per heavy atom. The molecule has 1 aliphatic rings. The van der Waals surface area contributed by atoms with Gasteiger partial charge in [0.2, 0.25) is 0 Å². The number of hydrogen-bond acceptors (Lipinski definition) is 5. The standard InChI is InChI=1S/C36H39N3O4/c1-7-10-32-37-24(3)33(28-17-18-31-27(21-28)19-20-36(4,5)43-31)34(40)39(32)22-25-13-15-26(16-14-25)30-12-9-8-11-29(30)23(2)38-35(41)42-6/h8-9,11-18,21H,2,7,10,19-20,22H2,1,3-6H3,(H,38,41). The summed E-state index contributed by atoms with van der Waals surface area (Å²) in [7, 11) is 1.32. The number of nitrogens with one attached hydrogen (secondary N) is 1. The van der Waals surface area contributed by atoms with Crippen LogP contribution in [-0.4, -0.2) is 28.4 Å². The third kappa shape index (κ3) is 6.41. The van der Waals surface area contributed by atoms with Crippen molar-refractivity contribution in [1.29, 1.82) is 0 Å². The lowest BCUT2D eigenvalue weighted by Crippen LogP contribution is -2.32. The average molecular weight is 578 g/mol. The summed E-state index contributed by atoms with van der Waals surface area (Å²) in [5.74, 6) is 1.68. The number of aryl methyl sites for hydroxylation is 3. The number of aromatic nitrogens is 2. The van der Waals surface area contributed by atoms with Crippen LogP contribution < -0.4 is 15.6 Å². The van der Waals surface area contributed by atoms with Crippen LogP contribution in [0.3, 0.4) is 0 Å². The van der Waals surface area contributed by atoms with Gasteiger partial charge in [0, 0.05) is 17.7 Å². The Morgan fingerprint density at radius 1 is 1.09 bits per heavy atom. The molecule has 0 unspecified atom stereocenters. The van der Waals surface area contributed by atoms with Crippen LogP contribution in [-0.2, 0) is 24.1 Å². The first kappa shape index (κ1) is 29.8. The molecular formula is C36H39N3O4. The number of carbonyl (C=O) groups excluding carboxylic acids is 1. The number of rotatable bonds is 8. The van der Waals surface area contributed by atoms with Crippen molar-refractivity contribution in [3.63, 3.8) is 0 Å². The van der Waals surface area contributed by atoms with Gasteiger partial charge in [0.05, 0.1) is 24.9 Å². The van der Waals surface area contributed by atoms with Gasteiger partial charge in [-0.05, 0) is 80.0 Å². The Hall–Kier alpha value is -4.65. The summed E-state index contributed by atoms with van der Waals surface area (Å²) in [5.41, 5.74) is 7.30. The molecule has 7 heteroatoms. The molecule has 0 fully saturated rings. The summed E-state index contributed by atoms with van der Waals surface area (Å²) in [5, 5.41) is 2.66. The monoisotopic (exact) mass is 577 g/mol. The fraction of sp³-hybridized carbons (Fsp3) is 0.306. The Bertz CT molecular complexity index is 1730. The Morgan fingerprint density at radius 2 is 1.81 bits per heavy atom. The predicted octanol–water partition coefficient (Wildman–Crippen LogP) is 7.32. The van der Waals surface area contributed by atoms with Crippen molar-refractivity contribution in [2.45, 2.75) is 65.5 Å². The number of hydrogen-bond donors (Lipinski definition) is 1. The molecule has 0 atom stereocenters. The number of carbonyl (C=O) groups is 1. The molecule has 1 N–H and O–H groups in total. The molecule has 0 aliphatic carbocycles. The maximum atomic E-state index is 14.1. The minimum atomic E-state index is -0.567. The highest BCUT2D eigenvalue weighted by Gasteiger charge is 2.27. The zero-order valence-electron chi connectivity index (χ0n) is 25.6. The van der Waals surface area contributed by atoms with E-state index < -0.39 is 6.09 Å². The van der Waals surface area contributed by atoms with E-state index in [1.54, 1.807) is 0 Å². The Balaban J connectivity index is 1.47. The molecule has 0 saturated carbocycles. The summed E-state index contributed by atoms with van der Waals surface area (Å²) in [6.45, 7) is 12.7. The minimum Gasteiger partial charge on any atom is -0.488 e. The molecule has 43 heavy (non-hydrogen) atoms. The molecule has 1 aromatic heterocycles. The lowest BCUT2D eigenvalue weighted by atomic mass is 9.92. The maximum Gasteiger partial charge on any atom is 0.411 e. The molecule has 222 valence electrons. The zero-order chi connectivity index (χ0) is 30.7. The number of fused-ring (bicyclic) bond motifs is 1. The van der Waals surface area contributed by atoms with Gasteiger partial charge in [0.25, 0.3) is 5.56 Å². The summed E-state index contributed by atoms with van der Waals surface area (Å²) in [6.07, 6.45) is 2.87. The van der Waals surface area contributed by atoms with Gasteiger partial charge in [0.15, 0.2) is 0 Å². The van der Waals surface area contributed by atoms with E-state index in [1.807, 2.05) is 72.2 Å². The van der Waals surface area contributed by atoms with E-state index in [4.69, 9.17) is 14.5 Å². The summed E-state index contributed by atoms with van der Waals surface area (Å²) in [6, 6.07) is 21.9. The average Bonchev–Trinajstić information content (AvgIpc) is 2.99. The number of nitrogens with zero attached hydrogens (tertiary/aromatic N) is 2. The van der Waals surface area contributed by atoms with E-state index in [9.17, 15) is 9.59 Å². The van der Waals surface area contributed by atoms with Gasteiger partial charge in [0.1, 0.15) is 17.2 Å². The van der Waals surface area contributed by atoms with Crippen LogP contribution in [0, 0.1) is 6.92 Å². The van der Waals surface area contributed by atoms with Gasteiger partial charge >= 0.3 is 6.09 Å². The van der Waals surface area contributed by atoms with E-state index in [2.05, 4.69) is 38.7 Å². The van der Waals surface area contributed by atoms with Gasteiger partial charge in [-0.15, -0.1) is 0 Å². The van der Waals surface area contributed by atoms with E-state index >= 15 is 0 Å². The second-order valence-corrected chi connectivity index (χ2v) is 11.7. The number of alkyl carbamates (subject to hydrolysis) is 1. The second-order valence-electron chi connectivity index (χ2n) is 11.7. The maximum absolute atomic E-state index is 14.1. The zero-order valence-corrected chi connectivity index (χ0v) is 25.6. The van der Waals surface area contributed by atoms with Crippen molar-refractivity contribution in [3.8, 4) is 28.0 Å². The number of amides is 1. The second kappa shape index (κ2) is 12.3. The molecule has 0 bridgehead atoms. The first-order valence-corrected chi connectivity index (χ1v) is 14.8. The van der Waals surface area contributed by atoms with E-state index in [0.29, 0.717) is 24.2 Å². The molecule has 1 aliphatic heterocycles. The van der Waals surface area contributed by atoms with Crippen molar-refractivity contribution in [3.05, 3.63) is 112 Å². The van der Waals surface area contributed by atoms with Crippen LogP contribution in [0.1, 0.15) is 61.8 Å². The normalized spacial score (nSPS) is 13.5. The lowest BCUT2D eigenvalue weighted by molar-refractivity contribution is 0.0847. The fourth-order valence-electron chi connectivity index (χ4n) is 5.65. The molecule has 2 heterocycles. The van der Waals surface area contributed by atoms with Gasteiger partial charge < -0.3 is 9.47 Å². The van der Waals surface area contributed by atoms with Gasteiger partial charge in [-0.25, -0.2) is 9.78 Å². The molecule has 0 radical (unpaired) electrons. The fourth-order valence-corrected chi connectivity index (χ4v) is 5.65. The number of benzene rings is 3. The Labute approximate surface area is 253 Å². The highest BCUT2D eigenvalue weighted by atomic mass is 16.5. The molecule has 0 saturated heterocycles. The van der Waals surface area contributed by atoms with Crippen molar-refractivity contribution in [1.82, 2.24) is 14.9 Å². The third-order valence-corrected chi connectivity index (χ3v) is 7.93. The lowest BCUT2D eigenvalue weighted by Gasteiger charge is -2.32. The largest absolute Gasteiger partial charge is 0.488 e. The van der Waals surface area contributed by atoms with Crippen molar-refractivity contribution in [2.24, 2.45) is 0 Å². The van der Waals surface area contributed by atoms with Crippen LogP contribution in [0.4, 0.5) is 4.79 Å². The SMILES string of the molecule is C=C(NC(=O)OC)c1ccccc1-c1ccc(Cn2c(CCC)nc(C)c(-c3ccc4c(c3)CCC(C)(C)O4)c2=O)cc1. The number of methoxy groups -OCH3 is 1. The van der Waals surface area contributed by atoms with Crippen LogP contribution in [0.15, 0.2) is 78.1 Å². The van der Waals surface area contributed by atoms with Crippen LogP contribution in [0.2, 0.25) is 0 Å². The quantitative estimate of drug-likeness (QED) is 0.237. The van der Waals surface area contributed by atoms with E-state index in [0.717, 1.165) is 69.9 Å². The molecular weight excluding hydrogens is 538 g/mol. The number of ether oxygens (including phenoxy) is 2. The van der Waals surface area contributed by atoms with Crippen LogP contribution >= 0.6 is 0 Å². The van der Waals surface area contributed by atoms with Crippen molar-refractivity contribution >= 4 is 11.8 Å². The van der Waals surface area contributed by atoms with Crippen molar-refractivity contribution < 1.29 is 14.3 Å². The first-order valence-electron chi connectivity index (χ1n) is 14.8. The van der Waals surface area contributed by atoms with Gasteiger partial charge in [-0.2, -0.15) is 0 Å². The predicted molar refractivity (Wildman–Crippen MR) is 171 cm³/mol. The Kier molecular flexibility index (Phi) is 8.53. The van der Waals surface area contributed by atoms with Crippen LogP contribution in [0.25, 0.3) is 28.0 Å². The molecule has 5 rings (SSSR count). The van der Waals surface area contributed by atoms with Crippen molar-refractivity contribution in [2.75, 3.05) is 7.11 Å². The molecule has 0 spiro atoms. The van der Waals surface area contributed by atoms with Gasteiger partial charge in [-0.1, -0.05) is 68.1 Å². The smallest absolute Gasteiger partial charge is 0.411 e. The minimum absolute atomic E-state index is 0.0347. The van der Waals surface area contributed by atoms with E-state index in [-0.39, 0.29) is 11.2 Å². The highest BCUT2D eigenvalue weighted by Crippen LogP contribution is 2.35. The first-order chi connectivity index (χ1) is 20.6. The highest BCUT2D eigenvalue weighted by molar-refractivity contribution is 5.86. The van der Waals surface area contributed by atoms with Crippen LogP contribution in [0.5, 0.6) is 5.75 Å². The molecule has 4 aromatic rings. The molecule has 7 nitrogen and oxygen atoms in total. The third-order valence-electron chi connectivity index (χ3n) is 7.93. The summed E-state index contributed by atoms with van der Waals surface area (Å²) < 4.78 is 12.7. The van der Waals surface area contributed by atoms with E-state index in [1.165, 1.54) is 7.11 Å². The summed E-state index contributed by atoms with van der Waals surface area (Å²) in [4.78, 5) is 30.8.